The molecule has 30 heavy (non-hydrogen) atoms. The maximum absolute atomic E-state index is 13.4. The number of fused-ring (bicyclic) bond motifs is 1. The SMILES string of the molecule is N[C@@H](Cc1ccc(C(F)(F)F)nc1)Nc1nnc(-c2ccc3cnc(F)cc3c2)s1. The van der Waals surface area contributed by atoms with Crippen LogP contribution in [0.3, 0.4) is 0 Å². The summed E-state index contributed by atoms with van der Waals surface area (Å²) in [7, 11) is 0. The molecule has 0 fully saturated rings. The molecule has 0 spiro atoms. The van der Waals surface area contributed by atoms with Crippen LogP contribution in [-0.4, -0.2) is 26.3 Å². The van der Waals surface area contributed by atoms with Crippen molar-refractivity contribution in [2.24, 2.45) is 5.73 Å². The lowest BCUT2D eigenvalue weighted by Crippen LogP contribution is -2.31. The van der Waals surface area contributed by atoms with Gasteiger partial charge in [0, 0.05) is 35.8 Å². The van der Waals surface area contributed by atoms with Gasteiger partial charge >= 0.3 is 6.18 Å². The molecule has 0 aliphatic rings. The van der Waals surface area contributed by atoms with Crippen LogP contribution >= 0.6 is 11.3 Å². The van der Waals surface area contributed by atoms with Crippen LogP contribution in [0.5, 0.6) is 0 Å². The van der Waals surface area contributed by atoms with Crippen molar-refractivity contribution in [1.29, 1.82) is 0 Å². The molecule has 0 amide bonds. The Morgan fingerprint density at radius 2 is 1.83 bits per heavy atom. The van der Waals surface area contributed by atoms with Gasteiger partial charge < -0.3 is 11.1 Å². The van der Waals surface area contributed by atoms with Crippen LogP contribution in [0.4, 0.5) is 22.7 Å². The second-order valence-corrected chi connectivity index (χ2v) is 7.46. The van der Waals surface area contributed by atoms with Crippen molar-refractivity contribution >= 4 is 27.2 Å². The normalized spacial score (nSPS) is 12.8. The van der Waals surface area contributed by atoms with Gasteiger partial charge in [-0.05, 0) is 23.1 Å². The maximum atomic E-state index is 13.4. The molecule has 0 bridgehead atoms. The first-order chi connectivity index (χ1) is 14.3. The number of pyridine rings is 2. The number of nitrogens with two attached hydrogens (primary N) is 1. The number of nitrogens with zero attached hydrogens (tertiary/aromatic N) is 4. The monoisotopic (exact) mass is 434 g/mol. The van der Waals surface area contributed by atoms with Crippen LogP contribution in [0.25, 0.3) is 21.3 Å². The Kier molecular flexibility index (Phi) is 5.31. The van der Waals surface area contributed by atoms with E-state index in [0.29, 0.717) is 21.1 Å². The second-order valence-electron chi connectivity index (χ2n) is 6.49. The standard InChI is InChI=1S/C19H14F4N6S/c20-15-7-13-6-11(2-3-12(13)9-26-15)17-28-29-18(30-17)27-16(24)5-10-1-4-14(25-8-10)19(21,22)23/h1-4,6-9,16H,5,24H2,(H,27,29)/t16-/m1/s1. The zero-order valence-corrected chi connectivity index (χ0v) is 16.0. The van der Waals surface area contributed by atoms with Crippen LogP contribution in [0.15, 0.2) is 48.8 Å². The van der Waals surface area contributed by atoms with Crippen molar-refractivity contribution in [2.45, 2.75) is 18.8 Å². The van der Waals surface area contributed by atoms with E-state index in [1.54, 1.807) is 6.07 Å². The molecule has 3 heterocycles. The molecule has 3 N–H and O–H groups in total. The average Bonchev–Trinajstić information content (AvgIpc) is 3.15. The van der Waals surface area contributed by atoms with Crippen LogP contribution in [0.2, 0.25) is 0 Å². The summed E-state index contributed by atoms with van der Waals surface area (Å²) in [5.74, 6) is -0.567. The molecule has 0 aliphatic heterocycles. The quantitative estimate of drug-likeness (QED) is 0.277. The summed E-state index contributed by atoms with van der Waals surface area (Å²) in [6.07, 6.45) is -2.22. The largest absolute Gasteiger partial charge is 0.433 e. The molecule has 6 nitrogen and oxygen atoms in total. The molecule has 3 aromatic heterocycles. The topological polar surface area (TPSA) is 89.6 Å². The zero-order valence-electron chi connectivity index (χ0n) is 15.2. The highest BCUT2D eigenvalue weighted by Gasteiger charge is 2.32. The van der Waals surface area contributed by atoms with E-state index in [1.807, 2.05) is 12.1 Å². The van der Waals surface area contributed by atoms with Crippen LogP contribution in [0.1, 0.15) is 11.3 Å². The predicted molar refractivity (Wildman–Crippen MR) is 105 cm³/mol. The van der Waals surface area contributed by atoms with Gasteiger partial charge in [-0.1, -0.05) is 29.5 Å². The molecule has 11 heteroatoms. The van der Waals surface area contributed by atoms with Crippen molar-refractivity contribution < 1.29 is 17.6 Å². The second kappa shape index (κ2) is 7.92. The molecule has 0 unspecified atom stereocenters. The van der Waals surface area contributed by atoms with E-state index in [4.69, 9.17) is 5.73 Å². The molecule has 0 aliphatic carbocycles. The van der Waals surface area contributed by atoms with Gasteiger partial charge in [0.25, 0.3) is 0 Å². The highest BCUT2D eigenvalue weighted by Crippen LogP contribution is 2.30. The molecule has 0 radical (unpaired) electrons. The summed E-state index contributed by atoms with van der Waals surface area (Å²) >= 11 is 1.26. The molecule has 1 atom stereocenters. The Hall–Kier alpha value is -3.18. The summed E-state index contributed by atoms with van der Waals surface area (Å²) in [4.78, 5) is 7.04. The molecule has 0 saturated heterocycles. The number of halogens is 4. The summed E-state index contributed by atoms with van der Waals surface area (Å²) in [6, 6.07) is 9.04. The van der Waals surface area contributed by atoms with Gasteiger partial charge in [0.2, 0.25) is 11.1 Å². The van der Waals surface area contributed by atoms with E-state index in [-0.39, 0.29) is 6.42 Å². The Balaban J connectivity index is 1.44. The fraction of sp³-hybridized carbons (Fsp3) is 0.158. The Morgan fingerprint density at radius 3 is 2.57 bits per heavy atom. The van der Waals surface area contributed by atoms with Crippen LogP contribution < -0.4 is 11.1 Å². The van der Waals surface area contributed by atoms with E-state index < -0.39 is 24.0 Å². The summed E-state index contributed by atoms with van der Waals surface area (Å²) in [5.41, 5.74) is 6.40. The van der Waals surface area contributed by atoms with Crippen molar-refractivity contribution in [3.05, 3.63) is 66.0 Å². The third-order valence-electron chi connectivity index (χ3n) is 4.24. The lowest BCUT2D eigenvalue weighted by atomic mass is 10.1. The summed E-state index contributed by atoms with van der Waals surface area (Å²) in [5, 5.41) is 13.7. The summed E-state index contributed by atoms with van der Waals surface area (Å²) in [6.45, 7) is 0. The molecule has 154 valence electrons. The van der Waals surface area contributed by atoms with Gasteiger partial charge in [0.1, 0.15) is 10.7 Å². The zero-order chi connectivity index (χ0) is 21.3. The van der Waals surface area contributed by atoms with Crippen molar-refractivity contribution in [3.8, 4) is 10.6 Å². The van der Waals surface area contributed by atoms with Crippen LogP contribution in [-0.2, 0) is 12.6 Å². The predicted octanol–water partition coefficient (Wildman–Crippen LogP) is 4.25. The minimum Gasteiger partial charge on any atom is -0.345 e. The van der Waals surface area contributed by atoms with E-state index in [1.165, 1.54) is 29.7 Å². The van der Waals surface area contributed by atoms with Gasteiger partial charge in [-0.3, -0.25) is 4.98 Å². The minimum atomic E-state index is -4.48. The third-order valence-corrected chi connectivity index (χ3v) is 5.14. The van der Waals surface area contributed by atoms with Crippen LogP contribution in [0, 0.1) is 5.95 Å². The number of aromatic nitrogens is 4. The Morgan fingerprint density at radius 1 is 1.00 bits per heavy atom. The average molecular weight is 434 g/mol. The van der Waals surface area contributed by atoms with Gasteiger partial charge in [0.15, 0.2) is 0 Å². The third kappa shape index (κ3) is 4.52. The van der Waals surface area contributed by atoms with Gasteiger partial charge in [-0.25, -0.2) is 4.98 Å². The van der Waals surface area contributed by atoms with Gasteiger partial charge in [-0.15, -0.1) is 10.2 Å². The molecular formula is C19H14F4N6S. The molecule has 1 aromatic carbocycles. The molecule has 4 aromatic rings. The van der Waals surface area contributed by atoms with E-state index in [9.17, 15) is 17.6 Å². The number of alkyl halides is 3. The molecular weight excluding hydrogens is 420 g/mol. The fourth-order valence-electron chi connectivity index (χ4n) is 2.82. The van der Waals surface area contributed by atoms with Gasteiger partial charge in [0.05, 0.1) is 6.17 Å². The first kappa shape index (κ1) is 20.1. The lowest BCUT2D eigenvalue weighted by molar-refractivity contribution is -0.141. The van der Waals surface area contributed by atoms with Crippen molar-refractivity contribution in [1.82, 2.24) is 20.2 Å². The number of nitrogens with one attached hydrogen (secondary N) is 1. The first-order valence-electron chi connectivity index (χ1n) is 8.71. The summed E-state index contributed by atoms with van der Waals surface area (Å²) < 4.78 is 51.1. The lowest BCUT2D eigenvalue weighted by Gasteiger charge is -2.13. The molecule has 4 rings (SSSR count). The number of hydrogen-bond donors (Lipinski definition) is 2. The maximum Gasteiger partial charge on any atom is 0.433 e. The van der Waals surface area contributed by atoms with Crippen molar-refractivity contribution in [3.63, 3.8) is 0 Å². The van der Waals surface area contributed by atoms with E-state index in [0.717, 1.165) is 23.2 Å². The highest BCUT2D eigenvalue weighted by atomic mass is 32.1. The van der Waals surface area contributed by atoms with Gasteiger partial charge in [-0.2, -0.15) is 17.6 Å². The molecule has 0 saturated carbocycles. The number of benzene rings is 1. The Labute approximate surface area is 171 Å². The Bertz CT molecular complexity index is 1180. The first-order valence-corrected chi connectivity index (χ1v) is 9.53. The highest BCUT2D eigenvalue weighted by molar-refractivity contribution is 7.18. The van der Waals surface area contributed by atoms with E-state index >= 15 is 0 Å². The van der Waals surface area contributed by atoms with E-state index in [2.05, 4.69) is 25.5 Å². The fourth-order valence-corrected chi connectivity index (χ4v) is 3.62. The van der Waals surface area contributed by atoms with Crippen molar-refractivity contribution in [2.75, 3.05) is 5.32 Å². The number of anilines is 1. The number of rotatable bonds is 5. The minimum absolute atomic E-state index is 0.252. The number of hydrogen-bond acceptors (Lipinski definition) is 7. The smallest absolute Gasteiger partial charge is 0.345 e.